The van der Waals surface area contributed by atoms with Gasteiger partial charge in [-0.2, -0.15) is 0 Å². The van der Waals surface area contributed by atoms with E-state index in [2.05, 4.69) is 5.10 Å². The average molecular weight is 470 g/mol. The second-order valence-corrected chi connectivity index (χ2v) is 8.88. The summed E-state index contributed by atoms with van der Waals surface area (Å²) in [6.07, 6.45) is 0. The summed E-state index contributed by atoms with van der Waals surface area (Å²) in [5, 5.41) is 5.10. The van der Waals surface area contributed by atoms with Gasteiger partial charge in [-0.3, -0.25) is 19.4 Å². The van der Waals surface area contributed by atoms with E-state index < -0.39 is 0 Å². The van der Waals surface area contributed by atoms with Gasteiger partial charge in [-0.15, -0.1) is 11.3 Å². The number of benzene rings is 2. The van der Waals surface area contributed by atoms with Gasteiger partial charge < -0.3 is 0 Å². The zero-order chi connectivity index (χ0) is 23.8. The van der Waals surface area contributed by atoms with Crippen molar-refractivity contribution < 1.29 is 0 Å². The van der Waals surface area contributed by atoms with Crippen LogP contribution in [0.4, 0.5) is 5.69 Å². The van der Waals surface area contributed by atoms with Gasteiger partial charge in [0, 0.05) is 12.7 Å². The van der Waals surface area contributed by atoms with E-state index in [1.54, 1.807) is 9.36 Å². The quantitative estimate of drug-likeness (QED) is 0.385. The lowest BCUT2D eigenvalue weighted by molar-refractivity contribution is 0.630. The average Bonchev–Trinajstić information content (AvgIpc) is 3.54. The minimum atomic E-state index is -0.239. The molecule has 170 valence electrons. The van der Waals surface area contributed by atoms with Crippen molar-refractivity contribution in [1.82, 2.24) is 19.1 Å². The highest BCUT2D eigenvalue weighted by molar-refractivity contribution is 7.12. The maximum Gasteiger partial charge on any atom is 0.297 e. The van der Waals surface area contributed by atoms with E-state index in [0.717, 1.165) is 16.3 Å². The van der Waals surface area contributed by atoms with Crippen LogP contribution in [-0.4, -0.2) is 24.9 Å². The number of para-hydroxylation sites is 2. The van der Waals surface area contributed by atoms with Crippen molar-refractivity contribution in [3.63, 3.8) is 0 Å². The smallest absolute Gasteiger partial charge is 0.295 e. The van der Waals surface area contributed by atoms with Crippen molar-refractivity contribution in [3.8, 4) is 11.4 Å². The molecule has 0 aliphatic heterocycles. The van der Waals surface area contributed by atoms with E-state index >= 15 is 0 Å². The van der Waals surface area contributed by atoms with E-state index in [1.807, 2.05) is 99.1 Å². The molecule has 34 heavy (non-hydrogen) atoms. The zero-order valence-corrected chi connectivity index (χ0v) is 19.8. The summed E-state index contributed by atoms with van der Waals surface area (Å²) in [7, 11) is 1.83. The molecule has 1 N–H and O–H groups in total. The van der Waals surface area contributed by atoms with Crippen LogP contribution in [0, 0.1) is 13.8 Å². The lowest BCUT2D eigenvalue weighted by Gasteiger charge is -2.07. The third-order valence-corrected chi connectivity index (χ3v) is 6.70. The number of hydrogen-bond donors (Lipinski definition) is 1. The highest BCUT2D eigenvalue weighted by Crippen LogP contribution is 2.23. The molecular weight excluding hydrogens is 446 g/mol. The van der Waals surface area contributed by atoms with Gasteiger partial charge >= 0.3 is 0 Å². The molecule has 5 rings (SSSR count). The molecule has 0 aliphatic carbocycles. The summed E-state index contributed by atoms with van der Waals surface area (Å²) in [4.78, 5) is 32.7. The van der Waals surface area contributed by atoms with Crippen molar-refractivity contribution in [1.29, 1.82) is 0 Å². The number of rotatable bonds is 5. The van der Waals surface area contributed by atoms with Crippen molar-refractivity contribution in [3.05, 3.63) is 121 Å². The topological polar surface area (TPSA) is 77.1 Å². The predicted octanol–water partition coefficient (Wildman–Crippen LogP) is 4.50. The highest BCUT2D eigenvalue weighted by Gasteiger charge is 2.23. The van der Waals surface area contributed by atoms with E-state index in [4.69, 9.17) is 4.99 Å². The third-order valence-electron chi connectivity index (χ3n) is 5.82. The fourth-order valence-corrected chi connectivity index (χ4v) is 4.75. The predicted molar refractivity (Wildman–Crippen MR) is 136 cm³/mol. The molecular formula is C26H23N5O2S. The Bertz CT molecular complexity index is 1600. The molecule has 8 heteroatoms. The minimum absolute atomic E-state index is 0.215. The first-order valence-corrected chi connectivity index (χ1v) is 11.7. The number of aromatic amines is 1. The molecule has 0 fully saturated rings. The monoisotopic (exact) mass is 469 g/mol. The van der Waals surface area contributed by atoms with Gasteiger partial charge in [0.1, 0.15) is 0 Å². The number of hydrogen-bond acceptors (Lipinski definition) is 4. The Morgan fingerprint density at radius 3 is 2.12 bits per heavy atom. The van der Waals surface area contributed by atoms with Gasteiger partial charge in [-0.05, 0) is 49.6 Å². The van der Waals surface area contributed by atoms with E-state index in [-0.39, 0.29) is 11.1 Å². The van der Waals surface area contributed by atoms with Crippen LogP contribution >= 0.6 is 11.3 Å². The van der Waals surface area contributed by atoms with E-state index in [1.165, 1.54) is 16.0 Å². The minimum Gasteiger partial charge on any atom is -0.295 e. The summed E-state index contributed by atoms with van der Waals surface area (Å²) in [5.74, 6) is 0. The number of thiophene rings is 1. The maximum atomic E-state index is 13.5. The Hall–Kier alpha value is -4.17. The fourth-order valence-electron chi connectivity index (χ4n) is 4.03. The number of aryl methyl sites for hydroxylation is 1. The Labute approximate surface area is 199 Å². The van der Waals surface area contributed by atoms with Gasteiger partial charge in [-0.1, -0.05) is 42.5 Å². The first kappa shape index (κ1) is 21.7. The molecule has 0 amide bonds. The molecule has 2 aromatic carbocycles. The number of aliphatic imine (C=N–C) groups is 1. The Kier molecular flexibility index (Phi) is 5.51. The van der Waals surface area contributed by atoms with Crippen LogP contribution < -0.4 is 11.1 Å². The summed E-state index contributed by atoms with van der Waals surface area (Å²) in [6, 6.07) is 22.7. The van der Waals surface area contributed by atoms with Gasteiger partial charge in [0.25, 0.3) is 11.1 Å². The maximum absolute atomic E-state index is 13.5. The van der Waals surface area contributed by atoms with Crippen molar-refractivity contribution >= 4 is 22.7 Å². The zero-order valence-electron chi connectivity index (χ0n) is 19.0. The van der Waals surface area contributed by atoms with Gasteiger partial charge in [0.05, 0.1) is 33.2 Å². The molecule has 0 unspecified atom stereocenters. The van der Waals surface area contributed by atoms with Crippen LogP contribution in [0.5, 0.6) is 0 Å². The van der Waals surface area contributed by atoms with Crippen LogP contribution in [0.1, 0.15) is 21.8 Å². The molecule has 0 aliphatic rings. The standard InChI is InChI=1S/C26H23N5O2S/c1-17-22(25(32)30(28-17)19-11-6-4-7-12-19)24(21-15-10-16-34-21)27-23-18(2)29(3)31(26(23)33)20-13-8-5-9-14-20/h4-16,28H,1-3H3. The van der Waals surface area contributed by atoms with Crippen LogP contribution in [-0.2, 0) is 7.05 Å². The molecule has 0 atom stereocenters. The Morgan fingerprint density at radius 2 is 1.50 bits per heavy atom. The normalized spacial score (nSPS) is 11.8. The molecule has 3 aromatic heterocycles. The van der Waals surface area contributed by atoms with Crippen LogP contribution in [0.25, 0.3) is 11.4 Å². The first-order valence-electron chi connectivity index (χ1n) is 10.8. The van der Waals surface area contributed by atoms with Crippen molar-refractivity contribution in [2.24, 2.45) is 12.0 Å². The van der Waals surface area contributed by atoms with E-state index in [9.17, 15) is 9.59 Å². The van der Waals surface area contributed by atoms with Crippen LogP contribution in [0.3, 0.4) is 0 Å². The molecule has 0 bridgehead atoms. The number of aromatic nitrogens is 4. The summed E-state index contributed by atoms with van der Waals surface area (Å²) in [6.45, 7) is 3.71. The lowest BCUT2D eigenvalue weighted by Crippen LogP contribution is -2.21. The largest absolute Gasteiger partial charge is 0.297 e. The fraction of sp³-hybridized carbons (Fsp3) is 0.115. The number of nitrogens with one attached hydrogen (secondary N) is 1. The first-order chi connectivity index (χ1) is 16.5. The third kappa shape index (κ3) is 3.58. The summed E-state index contributed by atoms with van der Waals surface area (Å²) >= 11 is 1.48. The molecule has 3 heterocycles. The molecule has 5 aromatic rings. The number of H-pyrrole nitrogens is 1. The second kappa shape index (κ2) is 8.64. The van der Waals surface area contributed by atoms with Crippen molar-refractivity contribution in [2.75, 3.05) is 0 Å². The Morgan fingerprint density at radius 1 is 0.853 bits per heavy atom. The molecule has 7 nitrogen and oxygen atoms in total. The SMILES string of the molecule is Cc1[nH]n(-c2ccccc2)c(=O)c1C(=Nc1c(C)n(C)n(-c2ccccc2)c1=O)c1cccs1. The van der Waals surface area contributed by atoms with Gasteiger partial charge in [-0.25, -0.2) is 14.4 Å². The lowest BCUT2D eigenvalue weighted by atomic mass is 10.1. The molecule has 0 radical (unpaired) electrons. The molecule has 0 spiro atoms. The Balaban J connectivity index is 1.75. The van der Waals surface area contributed by atoms with Crippen LogP contribution in [0.2, 0.25) is 0 Å². The molecule has 0 saturated carbocycles. The van der Waals surface area contributed by atoms with E-state index in [0.29, 0.717) is 28.4 Å². The highest BCUT2D eigenvalue weighted by atomic mass is 32.1. The van der Waals surface area contributed by atoms with Gasteiger partial charge in [0.2, 0.25) is 0 Å². The van der Waals surface area contributed by atoms with Crippen molar-refractivity contribution in [2.45, 2.75) is 13.8 Å². The van der Waals surface area contributed by atoms with Gasteiger partial charge in [0.15, 0.2) is 5.69 Å². The number of nitrogens with zero attached hydrogens (tertiary/aromatic N) is 4. The van der Waals surface area contributed by atoms with Crippen LogP contribution in [0.15, 0.2) is 92.8 Å². The summed E-state index contributed by atoms with van der Waals surface area (Å²) < 4.78 is 4.88. The second-order valence-electron chi connectivity index (χ2n) is 7.94. The molecule has 0 saturated heterocycles. The summed E-state index contributed by atoms with van der Waals surface area (Å²) in [5.41, 5.74) is 3.65.